The predicted octanol–water partition coefficient (Wildman–Crippen LogP) is 5.29. The van der Waals surface area contributed by atoms with Gasteiger partial charge in [0.05, 0.1) is 22.2 Å². The average molecular weight is 419 g/mol. The summed E-state index contributed by atoms with van der Waals surface area (Å²) in [6.45, 7) is 4.46. The highest BCUT2D eigenvalue weighted by Crippen LogP contribution is 2.34. The maximum atomic E-state index is 14.1. The molecule has 3 aromatic rings. The molecule has 0 atom stereocenters. The number of carbonyl (C=O) groups excluding carboxylic acids is 1. The van der Waals surface area contributed by atoms with Gasteiger partial charge in [0.25, 0.3) is 5.91 Å². The van der Waals surface area contributed by atoms with E-state index in [1.165, 1.54) is 12.1 Å². The number of alkyl halides is 3. The Morgan fingerprint density at radius 3 is 2.43 bits per heavy atom. The van der Waals surface area contributed by atoms with E-state index < -0.39 is 17.6 Å². The van der Waals surface area contributed by atoms with Crippen LogP contribution in [0.15, 0.2) is 36.4 Å². The van der Waals surface area contributed by atoms with Gasteiger partial charge in [0, 0.05) is 19.1 Å². The molecule has 2 heterocycles. The molecule has 1 fully saturated rings. The second-order valence-electron chi connectivity index (χ2n) is 7.74. The SMILES string of the molecule is Cc1ccc(F)c(C(=O)N2CCC(n3c(C)nc4cc(C(F)(F)F)ccc43)CC2)c1. The molecule has 2 aromatic carbocycles. The molecule has 0 bridgehead atoms. The molecule has 1 aliphatic rings. The van der Waals surface area contributed by atoms with Crippen molar-refractivity contribution in [2.75, 3.05) is 13.1 Å². The van der Waals surface area contributed by atoms with E-state index in [4.69, 9.17) is 0 Å². The summed E-state index contributed by atoms with van der Waals surface area (Å²) >= 11 is 0. The number of carbonyl (C=O) groups is 1. The number of rotatable bonds is 2. The molecule has 0 saturated carbocycles. The number of hydrogen-bond acceptors (Lipinski definition) is 2. The molecule has 0 unspecified atom stereocenters. The van der Waals surface area contributed by atoms with Crippen molar-refractivity contribution in [1.82, 2.24) is 14.5 Å². The molecule has 0 spiro atoms. The number of hydrogen-bond donors (Lipinski definition) is 0. The summed E-state index contributed by atoms with van der Waals surface area (Å²) in [5.74, 6) is -0.236. The predicted molar refractivity (Wildman–Crippen MR) is 105 cm³/mol. The van der Waals surface area contributed by atoms with Crippen LogP contribution in [0.3, 0.4) is 0 Å². The topological polar surface area (TPSA) is 38.1 Å². The minimum atomic E-state index is -4.41. The number of halogens is 4. The number of aromatic nitrogens is 2. The van der Waals surface area contributed by atoms with Gasteiger partial charge >= 0.3 is 6.18 Å². The third-order valence-electron chi connectivity index (χ3n) is 5.66. The second kappa shape index (κ2) is 7.41. The average Bonchev–Trinajstić information content (AvgIpc) is 3.03. The summed E-state index contributed by atoms with van der Waals surface area (Å²) in [4.78, 5) is 18.7. The van der Waals surface area contributed by atoms with Crippen LogP contribution in [0.4, 0.5) is 17.6 Å². The minimum absolute atomic E-state index is 0.0122. The Kier molecular flexibility index (Phi) is 5.03. The van der Waals surface area contributed by atoms with Gasteiger partial charge < -0.3 is 9.47 Å². The van der Waals surface area contributed by atoms with Crippen molar-refractivity contribution in [3.05, 3.63) is 64.7 Å². The van der Waals surface area contributed by atoms with E-state index in [1.807, 2.05) is 4.57 Å². The molecule has 4 nitrogen and oxygen atoms in total. The number of aryl methyl sites for hydroxylation is 2. The van der Waals surface area contributed by atoms with Gasteiger partial charge in [0.2, 0.25) is 0 Å². The van der Waals surface area contributed by atoms with E-state index >= 15 is 0 Å². The van der Waals surface area contributed by atoms with Crippen LogP contribution in [0.5, 0.6) is 0 Å². The number of imidazole rings is 1. The van der Waals surface area contributed by atoms with E-state index in [0.717, 1.165) is 17.7 Å². The molecule has 30 heavy (non-hydrogen) atoms. The fraction of sp³-hybridized carbons (Fsp3) is 0.364. The van der Waals surface area contributed by atoms with Gasteiger partial charge in [-0.2, -0.15) is 13.2 Å². The zero-order chi connectivity index (χ0) is 21.6. The van der Waals surface area contributed by atoms with Crippen LogP contribution in [-0.2, 0) is 6.18 Å². The zero-order valence-corrected chi connectivity index (χ0v) is 16.6. The Morgan fingerprint density at radius 1 is 1.07 bits per heavy atom. The van der Waals surface area contributed by atoms with Crippen molar-refractivity contribution >= 4 is 16.9 Å². The standard InChI is InChI=1S/C22H21F4N3O/c1-13-3-5-18(23)17(11-13)21(30)28-9-7-16(8-10-28)29-14(2)27-19-12-15(22(24,25)26)4-6-20(19)29/h3-6,11-12,16H,7-10H2,1-2H3. The molecule has 0 aliphatic carbocycles. The summed E-state index contributed by atoms with van der Waals surface area (Å²) < 4.78 is 55.0. The Bertz CT molecular complexity index is 1110. The molecule has 4 rings (SSSR count). The third-order valence-corrected chi connectivity index (χ3v) is 5.66. The van der Waals surface area contributed by atoms with Gasteiger partial charge in [-0.05, 0) is 57.0 Å². The molecule has 0 radical (unpaired) electrons. The first-order valence-corrected chi connectivity index (χ1v) is 9.76. The fourth-order valence-corrected chi connectivity index (χ4v) is 4.16. The van der Waals surface area contributed by atoms with E-state index in [0.29, 0.717) is 42.8 Å². The largest absolute Gasteiger partial charge is 0.416 e. The molecule has 1 aliphatic heterocycles. The van der Waals surface area contributed by atoms with Crippen LogP contribution in [0.25, 0.3) is 11.0 Å². The van der Waals surface area contributed by atoms with Crippen molar-refractivity contribution in [2.24, 2.45) is 0 Å². The third kappa shape index (κ3) is 3.66. The van der Waals surface area contributed by atoms with Gasteiger partial charge in [-0.3, -0.25) is 4.79 Å². The molecule has 1 amide bonds. The molecular weight excluding hydrogens is 398 g/mol. The molecule has 8 heteroatoms. The molecule has 1 aromatic heterocycles. The number of fused-ring (bicyclic) bond motifs is 1. The van der Waals surface area contributed by atoms with E-state index in [1.54, 1.807) is 30.9 Å². The first-order chi connectivity index (χ1) is 14.1. The maximum absolute atomic E-state index is 14.1. The summed E-state index contributed by atoms with van der Waals surface area (Å²) in [6.07, 6.45) is -3.18. The lowest BCUT2D eigenvalue weighted by Gasteiger charge is -2.33. The highest BCUT2D eigenvalue weighted by atomic mass is 19.4. The maximum Gasteiger partial charge on any atom is 0.416 e. The van der Waals surface area contributed by atoms with Gasteiger partial charge in [-0.15, -0.1) is 0 Å². The Labute approximate surface area is 171 Å². The van der Waals surface area contributed by atoms with Crippen LogP contribution >= 0.6 is 0 Å². The van der Waals surface area contributed by atoms with Crippen LogP contribution in [0.1, 0.15) is 46.2 Å². The summed E-state index contributed by atoms with van der Waals surface area (Å²) in [5.41, 5.74) is 1.11. The summed E-state index contributed by atoms with van der Waals surface area (Å²) in [7, 11) is 0. The smallest absolute Gasteiger partial charge is 0.338 e. The molecular formula is C22H21F4N3O. The number of piperidine rings is 1. The van der Waals surface area contributed by atoms with Gasteiger partial charge in [0.15, 0.2) is 0 Å². The lowest BCUT2D eigenvalue weighted by molar-refractivity contribution is -0.137. The van der Waals surface area contributed by atoms with E-state index in [2.05, 4.69) is 4.98 Å². The van der Waals surface area contributed by atoms with Crippen molar-refractivity contribution in [2.45, 2.75) is 38.9 Å². The summed E-state index contributed by atoms with van der Waals surface area (Å²) in [5, 5.41) is 0. The Morgan fingerprint density at radius 2 is 1.77 bits per heavy atom. The lowest BCUT2D eigenvalue weighted by Crippen LogP contribution is -2.39. The van der Waals surface area contributed by atoms with Gasteiger partial charge in [0.1, 0.15) is 11.6 Å². The van der Waals surface area contributed by atoms with Crippen molar-refractivity contribution < 1.29 is 22.4 Å². The van der Waals surface area contributed by atoms with Crippen LogP contribution in [0, 0.1) is 19.7 Å². The number of nitrogens with zero attached hydrogens (tertiary/aromatic N) is 3. The number of likely N-dealkylation sites (tertiary alicyclic amines) is 1. The number of benzene rings is 2. The van der Waals surface area contributed by atoms with Crippen molar-refractivity contribution in [3.8, 4) is 0 Å². The number of amides is 1. The normalized spacial score (nSPS) is 15.7. The lowest BCUT2D eigenvalue weighted by atomic mass is 10.0. The Balaban J connectivity index is 1.54. The van der Waals surface area contributed by atoms with Crippen molar-refractivity contribution in [3.63, 3.8) is 0 Å². The first-order valence-electron chi connectivity index (χ1n) is 9.76. The highest BCUT2D eigenvalue weighted by molar-refractivity contribution is 5.94. The van der Waals surface area contributed by atoms with Crippen LogP contribution < -0.4 is 0 Å². The highest BCUT2D eigenvalue weighted by Gasteiger charge is 2.32. The Hall–Kier alpha value is -2.90. The van der Waals surface area contributed by atoms with Crippen LogP contribution in [-0.4, -0.2) is 33.4 Å². The molecule has 0 N–H and O–H groups in total. The van der Waals surface area contributed by atoms with E-state index in [-0.39, 0.29) is 17.5 Å². The molecule has 1 saturated heterocycles. The zero-order valence-electron chi connectivity index (χ0n) is 16.6. The fourth-order valence-electron chi connectivity index (χ4n) is 4.16. The van der Waals surface area contributed by atoms with Crippen LogP contribution in [0.2, 0.25) is 0 Å². The quantitative estimate of drug-likeness (QED) is 0.530. The molecule has 158 valence electrons. The minimum Gasteiger partial charge on any atom is -0.338 e. The van der Waals surface area contributed by atoms with E-state index in [9.17, 15) is 22.4 Å². The van der Waals surface area contributed by atoms with Gasteiger partial charge in [-0.25, -0.2) is 9.37 Å². The monoisotopic (exact) mass is 419 g/mol. The van der Waals surface area contributed by atoms with Crippen molar-refractivity contribution in [1.29, 1.82) is 0 Å². The van der Waals surface area contributed by atoms with Gasteiger partial charge in [-0.1, -0.05) is 11.6 Å². The first kappa shape index (κ1) is 20.4. The second-order valence-corrected chi connectivity index (χ2v) is 7.74. The summed E-state index contributed by atoms with van der Waals surface area (Å²) in [6, 6.07) is 8.07.